The Hall–Kier alpha value is -1.56. The summed E-state index contributed by atoms with van der Waals surface area (Å²) in [4.78, 5) is 12.3. The Morgan fingerprint density at radius 2 is 2.00 bits per heavy atom. The van der Waals surface area contributed by atoms with Gasteiger partial charge in [-0.3, -0.25) is 0 Å². The summed E-state index contributed by atoms with van der Waals surface area (Å²) >= 11 is 0. The monoisotopic (exact) mass is 393 g/mol. The van der Waals surface area contributed by atoms with Gasteiger partial charge in [0.1, 0.15) is 17.4 Å². The van der Waals surface area contributed by atoms with Gasteiger partial charge in [-0.05, 0) is 69.6 Å². The zero-order valence-corrected chi connectivity index (χ0v) is 16.5. The molecule has 27 heavy (non-hydrogen) atoms. The molecule has 0 spiro atoms. The molecule has 0 radical (unpaired) electrons. The SMILES string of the molecule is CC(O)CNC1CCCC1Oc1cccc2oc(=O)c3c(c12)CCCC3.Cl. The van der Waals surface area contributed by atoms with E-state index in [1.807, 2.05) is 18.2 Å². The number of nitrogens with one attached hydrogen (secondary N) is 1. The summed E-state index contributed by atoms with van der Waals surface area (Å²) in [6.45, 7) is 2.36. The van der Waals surface area contributed by atoms with Gasteiger partial charge in [0.05, 0.1) is 11.5 Å². The van der Waals surface area contributed by atoms with Crippen LogP contribution in [-0.4, -0.2) is 29.9 Å². The number of aliphatic hydroxyl groups is 1. The number of hydrogen-bond donors (Lipinski definition) is 2. The summed E-state index contributed by atoms with van der Waals surface area (Å²) in [6.07, 6.45) is 6.71. The van der Waals surface area contributed by atoms with Crippen molar-refractivity contribution >= 4 is 23.4 Å². The zero-order valence-electron chi connectivity index (χ0n) is 15.7. The number of aryl methyl sites for hydroxylation is 1. The number of hydrogen-bond acceptors (Lipinski definition) is 5. The molecule has 148 valence electrons. The lowest BCUT2D eigenvalue weighted by molar-refractivity contribution is 0.150. The highest BCUT2D eigenvalue weighted by atomic mass is 35.5. The molecule has 0 bridgehead atoms. The lowest BCUT2D eigenvalue weighted by atomic mass is 9.90. The van der Waals surface area contributed by atoms with Gasteiger partial charge in [0.15, 0.2) is 0 Å². The van der Waals surface area contributed by atoms with Gasteiger partial charge in [-0.2, -0.15) is 0 Å². The lowest BCUT2D eigenvalue weighted by Crippen LogP contribution is -2.42. The molecule has 1 aromatic carbocycles. The zero-order chi connectivity index (χ0) is 18.1. The van der Waals surface area contributed by atoms with E-state index < -0.39 is 0 Å². The third-order valence-corrected chi connectivity index (χ3v) is 5.61. The number of benzene rings is 1. The molecular weight excluding hydrogens is 366 g/mol. The minimum Gasteiger partial charge on any atom is -0.488 e. The first-order valence-electron chi connectivity index (χ1n) is 9.79. The molecule has 0 aliphatic heterocycles. The summed E-state index contributed by atoms with van der Waals surface area (Å²) in [5, 5.41) is 13.9. The minimum atomic E-state index is -0.366. The highest BCUT2D eigenvalue weighted by Crippen LogP contribution is 2.35. The van der Waals surface area contributed by atoms with Crippen LogP contribution in [0, 0.1) is 0 Å². The maximum Gasteiger partial charge on any atom is 0.339 e. The number of rotatable bonds is 5. The summed E-state index contributed by atoms with van der Waals surface area (Å²) in [7, 11) is 0. The Labute approximate surface area is 165 Å². The highest BCUT2D eigenvalue weighted by molar-refractivity contribution is 5.88. The first kappa shape index (κ1) is 20.2. The van der Waals surface area contributed by atoms with Crippen molar-refractivity contribution in [2.24, 2.45) is 0 Å². The summed E-state index contributed by atoms with van der Waals surface area (Å²) in [5.74, 6) is 0.820. The van der Waals surface area contributed by atoms with E-state index in [0.29, 0.717) is 12.1 Å². The lowest BCUT2D eigenvalue weighted by Gasteiger charge is -2.25. The first-order valence-corrected chi connectivity index (χ1v) is 9.79. The molecule has 2 aliphatic rings. The van der Waals surface area contributed by atoms with Crippen LogP contribution in [0.15, 0.2) is 27.4 Å². The topological polar surface area (TPSA) is 71.7 Å². The summed E-state index contributed by atoms with van der Waals surface area (Å²) in [6, 6.07) is 5.98. The normalized spacial score (nSPS) is 22.9. The number of fused-ring (bicyclic) bond motifs is 3. The molecule has 3 atom stereocenters. The van der Waals surface area contributed by atoms with Gasteiger partial charge in [0.25, 0.3) is 0 Å². The number of aliphatic hydroxyl groups excluding tert-OH is 1. The molecule has 6 heteroatoms. The molecule has 1 fully saturated rings. The van der Waals surface area contributed by atoms with E-state index in [4.69, 9.17) is 9.15 Å². The molecular formula is C21H28ClNO4. The van der Waals surface area contributed by atoms with Gasteiger partial charge in [-0.1, -0.05) is 6.07 Å². The van der Waals surface area contributed by atoms with Crippen molar-refractivity contribution in [3.05, 3.63) is 39.7 Å². The van der Waals surface area contributed by atoms with Crippen LogP contribution in [0.1, 0.15) is 50.2 Å². The Morgan fingerprint density at radius 1 is 1.22 bits per heavy atom. The van der Waals surface area contributed by atoms with Crippen LogP contribution in [0.5, 0.6) is 5.75 Å². The second-order valence-electron chi connectivity index (χ2n) is 7.63. The van der Waals surface area contributed by atoms with E-state index in [2.05, 4.69) is 5.32 Å². The van der Waals surface area contributed by atoms with E-state index in [-0.39, 0.29) is 36.3 Å². The summed E-state index contributed by atoms with van der Waals surface area (Å²) in [5.41, 5.74) is 2.38. The minimum absolute atomic E-state index is 0. The quantitative estimate of drug-likeness (QED) is 0.762. The average molecular weight is 394 g/mol. The van der Waals surface area contributed by atoms with E-state index in [0.717, 1.165) is 67.2 Å². The van der Waals surface area contributed by atoms with E-state index in [9.17, 15) is 9.90 Å². The molecule has 1 heterocycles. The van der Waals surface area contributed by atoms with E-state index >= 15 is 0 Å². The number of ether oxygens (including phenoxy) is 1. The summed E-state index contributed by atoms with van der Waals surface area (Å²) < 4.78 is 12.0. The molecule has 2 aromatic rings. The molecule has 0 saturated heterocycles. The van der Waals surface area contributed by atoms with Crippen molar-refractivity contribution in [2.75, 3.05) is 6.54 Å². The highest BCUT2D eigenvalue weighted by Gasteiger charge is 2.30. The second-order valence-corrected chi connectivity index (χ2v) is 7.63. The van der Waals surface area contributed by atoms with Crippen LogP contribution in [0.4, 0.5) is 0 Å². The van der Waals surface area contributed by atoms with Crippen molar-refractivity contribution in [2.45, 2.75) is 70.1 Å². The second kappa shape index (κ2) is 8.63. The fraction of sp³-hybridized carbons (Fsp3) is 0.571. The molecule has 1 saturated carbocycles. The first-order chi connectivity index (χ1) is 12.6. The van der Waals surface area contributed by atoms with Crippen molar-refractivity contribution in [1.29, 1.82) is 0 Å². The predicted molar refractivity (Wildman–Crippen MR) is 108 cm³/mol. The molecule has 2 aliphatic carbocycles. The molecule has 2 N–H and O–H groups in total. The third kappa shape index (κ3) is 4.15. The van der Waals surface area contributed by atoms with Crippen LogP contribution in [0.2, 0.25) is 0 Å². The Bertz CT molecular complexity index is 848. The largest absolute Gasteiger partial charge is 0.488 e. The van der Waals surface area contributed by atoms with Crippen LogP contribution >= 0.6 is 12.4 Å². The van der Waals surface area contributed by atoms with Gasteiger partial charge >= 0.3 is 5.63 Å². The van der Waals surface area contributed by atoms with Gasteiger partial charge in [-0.25, -0.2) is 4.79 Å². The number of halogens is 1. The molecule has 4 rings (SSSR count). The smallest absolute Gasteiger partial charge is 0.339 e. The molecule has 3 unspecified atom stereocenters. The predicted octanol–water partition coefficient (Wildman–Crippen LogP) is 3.36. The van der Waals surface area contributed by atoms with Crippen molar-refractivity contribution in [1.82, 2.24) is 5.32 Å². The van der Waals surface area contributed by atoms with Gasteiger partial charge in [0, 0.05) is 18.2 Å². The van der Waals surface area contributed by atoms with Gasteiger partial charge < -0.3 is 19.6 Å². The van der Waals surface area contributed by atoms with Crippen molar-refractivity contribution in [3.8, 4) is 5.75 Å². The maximum absolute atomic E-state index is 12.3. The fourth-order valence-electron chi connectivity index (χ4n) is 4.35. The van der Waals surface area contributed by atoms with E-state index in [1.165, 1.54) is 0 Å². The standard InChI is InChI=1S/C21H27NO4.ClH/c1-13(23)12-22-16-8-4-9-17(16)25-18-10-5-11-19-20(18)14-6-2-3-7-15(14)21(24)26-19;/h5,10-11,13,16-17,22-23H,2-4,6-9,12H2,1H3;1H. The molecule has 5 nitrogen and oxygen atoms in total. The Kier molecular flexibility index (Phi) is 6.45. The van der Waals surface area contributed by atoms with Crippen LogP contribution < -0.4 is 15.7 Å². The van der Waals surface area contributed by atoms with Crippen LogP contribution in [0.3, 0.4) is 0 Å². The molecule has 0 amide bonds. The van der Waals surface area contributed by atoms with Crippen LogP contribution in [-0.2, 0) is 12.8 Å². The van der Waals surface area contributed by atoms with Crippen LogP contribution in [0.25, 0.3) is 11.0 Å². The van der Waals surface area contributed by atoms with E-state index in [1.54, 1.807) is 6.92 Å². The average Bonchev–Trinajstić information content (AvgIpc) is 3.07. The fourth-order valence-corrected chi connectivity index (χ4v) is 4.35. The van der Waals surface area contributed by atoms with Gasteiger partial charge in [-0.15, -0.1) is 12.4 Å². The third-order valence-electron chi connectivity index (χ3n) is 5.61. The van der Waals surface area contributed by atoms with Crippen molar-refractivity contribution in [3.63, 3.8) is 0 Å². The van der Waals surface area contributed by atoms with Gasteiger partial charge in [0.2, 0.25) is 0 Å². The maximum atomic E-state index is 12.3. The molecule has 1 aromatic heterocycles. The Morgan fingerprint density at radius 3 is 2.78 bits per heavy atom. The Balaban J connectivity index is 0.00000210. The van der Waals surface area contributed by atoms with Crippen molar-refractivity contribution < 1.29 is 14.3 Å².